The quantitative estimate of drug-likeness (QED) is 0.442. The third-order valence-electron chi connectivity index (χ3n) is 3.30. The first-order valence-electron chi connectivity index (χ1n) is 6.95. The van der Waals surface area contributed by atoms with E-state index in [2.05, 4.69) is 15.3 Å². The molecule has 1 saturated carbocycles. The first-order chi connectivity index (χ1) is 9.63. The Morgan fingerprint density at radius 3 is 2.40 bits per heavy atom. The molecule has 5 N–H and O–H groups in total. The number of amides is 1. The molecule has 0 spiro atoms. The number of carbonyl (C=O) groups is 1. The second-order valence-corrected chi connectivity index (χ2v) is 5.99. The van der Waals surface area contributed by atoms with Gasteiger partial charge >= 0.3 is 0 Å². The fourth-order valence-corrected chi connectivity index (χ4v) is 3.03. The molecule has 0 radical (unpaired) electrons. The summed E-state index contributed by atoms with van der Waals surface area (Å²) >= 11 is 1.26. The molecule has 0 bridgehead atoms. The number of nitrogens with one attached hydrogen (secondary N) is 1. The molecule has 0 unspecified atom stereocenters. The Morgan fingerprint density at radius 2 is 1.80 bits per heavy atom. The number of aromatic nitrogens is 2. The van der Waals surface area contributed by atoms with Crippen LogP contribution in [0.25, 0.3) is 0 Å². The van der Waals surface area contributed by atoms with E-state index >= 15 is 0 Å². The van der Waals surface area contributed by atoms with Gasteiger partial charge < -0.3 is 16.8 Å². The van der Waals surface area contributed by atoms with Gasteiger partial charge in [0.1, 0.15) is 11.6 Å². The lowest BCUT2D eigenvalue weighted by Gasteiger charge is -2.15. The fraction of sp³-hybridized carbons (Fsp3) is 0.615. The molecule has 1 amide bonds. The van der Waals surface area contributed by atoms with Crippen molar-refractivity contribution in [2.24, 2.45) is 0 Å². The predicted octanol–water partition coefficient (Wildman–Crippen LogP) is 1.57. The van der Waals surface area contributed by atoms with E-state index in [4.69, 9.17) is 11.5 Å². The molecule has 0 aliphatic heterocycles. The monoisotopic (exact) mass is 295 g/mol. The van der Waals surface area contributed by atoms with E-state index < -0.39 is 0 Å². The van der Waals surface area contributed by atoms with Crippen molar-refractivity contribution in [1.29, 1.82) is 0 Å². The minimum absolute atomic E-state index is 0.0199. The second kappa shape index (κ2) is 7.33. The van der Waals surface area contributed by atoms with E-state index in [9.17, 15) is 4.79 Å². The van der Waals surface area contributed by atoms with Gasteiger partial charge in [-0.3, -0.25) is 4.79 Å². The summed E-state index contributed by atoms with van der Waals surface area (Å²) in [4.78, 5) is 20.0. The van der Waals surface area contributed by atoms with Crippen LogP contribution in [-0.4, -0.2) is 27.7 Å². The highest BCUT2D eigenvalue weighted by Gasteiger charge is 2.15. The Hall–Kier alpha value is -1.50. The highest BCUT2D eigenvalue weighted by molar-refractivity contribution is 7.99. The molecule has 20 heavy (non-hydrogen) atoms. The summed E-state index contributed by atoms with van der Waals surface area (Å²) in [6.07, 6.45) is 7.12. The molecular weight excluding hydrogens is 274 g/mol. The molecule has 1 aromatic rings. The van der Waals surface area contributed by atoms with Crippen LogP contribution in [0.1, 0.15) is 38.5 Å². The fourth-order valence-electron chi connectivity index (χ4n) is 2.35. The Kier molecular flexibility index (Phi) is 5.46. The van der Waals surface area contributed by atoms with Gasteiger partial charge in [-0.1, -0.05) is 37.4 Å². The van der Waals surface area contributed by atoms with Crippen molar-refractivity contribution < 1.29 is 4.79 Å². The summed E-state index contributed by atoms with van der Waals surface area (Å²) in [5.74, 6) is 0.958. The lowest BCUT2D eigenvalue weighted by atomic mass is 10.1. The summed E-state index contributed by atoms with van der Waals surface area (Å²) in [5, 5.41) is 3.52. The molecule has 7 heteroatoms. The van der Waals surface area contributed by atoms with E-state index in [0.717, 1.165) is 12.8 Å². The second-order valence-electron chi connectivity index (χ2n) is 5.04. The molecular formula is C13H21N5OS. The molecule has 0 atom stereocenters. The summed E-state index contributed by atoms with van der Waals surface area (Å²) in [6.45, 7) is 0. The molecule has 1 aliphatic rings. The van der Waals surface area contributed by atoms with Crippen LogP contribution in [0.2, 0.25) is 0 Å². The van der Waals surface area contributed by atoms with Gasteiger partial charge in [-0.25, -0.2) is 9.97 Å². The van der Waals surface area contributed by atoms with Crippen LogP contribution >= 0.6 is 11.8 Å². The molecule has 2 rings (SSSR count). The maximum absolute atomic E-state index is 11.9. The largest absolute Gasteiger partial charge is 0.383 e. The molecule has 1 fully saturated rings. The number of nitrogens with zero attached hydrogens (tertiary/aromatic N) is 2. The minimum atomic E-state index is 0.0199. The van der Waals surface area contributed by atoms with Crippen LogP contribution in [-0.2, 0) is 4.79 Å². The van der Waals surface area contributed by atoms with Crippen LogP contribution in [0.15, 0.2) is 11.2 Å². The average molecular weight is 295 g/mol. The van der Waals surface area contributed by atoms with Crippen molar-refractivity contribution in [2.75, 3.05) is 17.2 Å². The van der Waals surface area contributed by atoms with Crippen molar-refractivity contribution in [1.82, 2.24) is 15.3 Å². The Morgan fingerprint density at radius 1 is 1.20 bits per heavy atom. The predicted molar refractivity (Wildman–Crippen MR) is 81.2 cm³/mol. The number of hydrogen-bond acceptors (Lipinski definition) is 6. The van der Waals surface area contributed by atoms with Crippen LogP contribution < -0.4 is 16.8 Å². The maximum Gasteiger partial charge on any atom is 0.230 e. The number of carbonyl (C=O) groups excluding carboxylic acids is 1. The summed E-state index contributed by atoms with van der Waals surface area (Å²) in [5.41, 5.74) is 11.2. The molecule has 6 nitrogen and oxygen atoms in total. The SMILES string of the molecule is Nc1cc(N)nc(SCC(=O)NC2CCCCCC2)n1. The van der Waals surface area contributed by atoms with Crippen molar-refractivity contribution >= 4 is 29.3 Å². The van der Waals surface area contributed by atoms with E-state index in [1.54, 1.807) is 0 Å². The molecule has 0 aromatic carbocycles. The van der Waals surface area contributed by atoms with E-state index in [1.807, 2.05) is 0 Å². The highest BCUT2D eigenvalue weighted by Crippen LogP contribution is 2.19. The van der Waals surface area contributed by atoms with Crippen LogP contribution in [0.4, 0.5) is 11.6 Å². The van der Waals surface area contributed by atoms with Gasteiger partial charge in [0.05, 0.1) is 5.75 Å². The standard InChI is InChI=1S/C13H21N5OS/c14-10-7-11(15)18-13(17-10)20-8-12(19)16-9-5-3-1-2-4-6-9/h7,9H,1-6,8H2,(H,16,19)(H4,14,15,17,18). The number of anilines is 2. The topological polar surface area (TPSA) is 107 Å². The van der Waals surface area contributed by atoms with Gasteiger partial charge in [-0.2, -0.15) is 0 Å². The third-order valence-corrected chi connectivity index (χ3v) is 4.15. The van der Waals surface area contributed by atoms with Crippen LogP contribution in [0, 0.1) is 0 Å². The molecule has 1 aromatic heterocycles. The van der Waals surface area contributed by atoms with E-state index in [1.165, 1.54) is 43.5 Å². The van der Waals surface area contributed by atoms with Gasteiger partial charge in [0.2, 0.25) is 5.91 Å². The van der Waals surface area contributed by atoms with Gasteiger partial charge in [-0.05, 0) is 12.8 Å². The van der Waals surface area contributed by atoms with Crippen molar-refractivity contribution in [3.05, 3.63) is 6.07 Å². The third kappa shape index (κ3) is 4.88. The lowest BCUT2D eigenvalue weighted by Crippen LogP contribution is -2.35. The van der Waals surface area contributed by atoms with Gasteiger partial charge in [0.15, 0.2) is 5.16 Å². The first kappa shape index (κ1) is 14.9. The number of thioether (sulfide) groups is 1. The highest BCUT2D eigenvalue weighted by atomic mass is 32.2. The number of rotatable bonds is 4. The number of hydrogen-bond donors (Lipinski definition) is 3. The normalized spacial score (nSPS) is 16.6. The molecule has 1 heterocycles. The molecule has 110 valence electrons. The summed E-state index contributed by atoms with van der Waals surface area (Å²) in [7, 11) is 0. The van der Waals surface area contributed by atoms with E-state index in [0.29, 0.717) is 28.6 Å². The molecule has 1 aliphatic carbocycles. The maximum atomic E-state index is 11.9. The first-order valence-corrected chi connectivity index (χ1v) is 7.94. The van der Waals surface area contributed by atoms with Crippen molar-refractivity contribution in [3.63, 3.8) is 0 Å². The van der Waals surface area contributed by atoms with Crippen molar-refractivity contribution in [3.8, 4) is 0 Å². The average Bonchev–Trinajstić information content (AvgIpc) is 2.64. The zero-order valence-corrected chi connectivity index (χ0v) is 12.3. The van der Waals surface area contributed by atoms with E-state index in [-0.39, 0.29) is 5.91 Å². The van der Waals surface area contributed by atoms with Crippen LogP contribution in [0.3, 0.4) is 0 Å². The molecule has 0 saturated heterocycles. The van der Waals surface area contributed by atoms with Gasteiger partial charge in [0, 0.05) is 12.1 Å². The number of nitrogen functional groups attached to an aromatic ring is 2. The van der Waals surface area contributed by atoms with Gasteiger partial charge in [0.25, 0.3) is 0 Å². The zero-order chi connectivity index (χ0) is 14.4. The Labute approximate surface area is 123 Å². The smallest absolute Gasteiger partial charge is 0.230 e. The summed E-state index contributed by atoms with van der Waals surface area (Å²) < 4.78 is 0. The summed E-state index contributed by atoms with van der Waals surface area (Å²) in [6, 6.07) is 1.81. The Bertz CT molecular complexity index is 440. The lowest BCUT2D eigenvalue weighted by molar-refractivity contribution is -0.119. The zero-order valence-electron chi connectivity index (χ0n) is 11.5. The number of nitrogens with two attached hydrogens (primary N) is 2. The van der Waals surface area contributed by atoms with Crippen molar-refractivity contribution in [2.45, 2.75) is 49.7 Å². The van der Waals surface area contributed by atoms with Gasteiger partial charge in [-0.15, -0.1) is 0 Å². The Balaban J connectivity index is 1.79. The van der Waals surface area contributed by atoms with Crippen LogP contribution in [0.5, 0.6) is 0 Å². The minimum Gasteiger partial charge on any atom is -0.383 e.